The lowest BCUT2D eigenvalue weighted by Gasteiger charge is -2.63. The van der Waals surface area contributed by atoms with Crippen LogP contribution in [0.2, 0.25) is 0 Å². The second kappa shape index (κ2) is 10.9. The van der Waals surface area contributed by atoms with Crippen molar-refractivity contribution < 1.29 is 19.6 Å². The molecule has 3 rings (SSSR count). The highest BCUT2D eigenvalue weighted by atomic mass is 17.3. The van der Waals surface area contributed by atoms with E-state index < -0.39 is 17.0 Å². The molecule has 0 spiro atoms. The average Bonchev–Trinajstić information content (AvgIpc) is 2.80. The minimum absolute atomic E-state index is 0.100. The van der Waals surface area contributed by atoms with Gasteiger partial charge in [0.15, 0.2) is 0 Å². The molecule has 3 unspecified atom stereocenters. The van der Waals surface area contributed by atoms with Crippen LogP contribution in [0.3, 0.4) is 0 Å². The Labute approximate surface area is 238 Å². The summed E-state index contributed by atoms with van der Waals surface area (Å²) >= 11 is 0. The fourth-order valence-corrected chi connectivity index (χ4v) is 7.94. The maximum Gasteiger partial charge on any atom is 0.238 e. The van der Waals surface area contributed by atoms with Crippen LogP contribution in [0.1, 0.15) is 108 Å². The molecule has 2 aromatic rings. The van der Waals surface area contributed by atoms with Crippen LogP contribution in [0.5, 0.6) is 0 Å². The lowest BCUT2D eigenvalue weighted by atomic mass is 9.44. The molecule has 1 aliphatic rings. The monoisotopic (exact) mass is 538 g/mol. The van der Waals surface area contributed by atoms with Crippen LogP contribution in [-0.2, 0) is 30.4 Å². The van der Waals surface area contributed by atoms with Gasteiger partial charge in [0.1, 0.15) is 0 Å². The third-order valence-electron chi connectivity index (χ3n) is 8.56. The van der Waals surface area contributed by atoms with E-state index in [1.54, 1.807) is 0 Å². The van der Waals surface area contributed by atoms with Crippen molar-refractivity contribution in [3.8, 4) is 0 Å². The molecule has 0 heterocycles. The molecular formula is C35H54O4. The zero-order chi connectivity index (χ0) is 29.5. The molecule has 0 radical (unpaired) electrons. The molecule has 4 nitrogen and oxygen atoms in total. The van der Waals surface area contributed by atoms with Crippen LogP contribution in [0.15, 0.2) is 60.7 Å². The molecule has 0 N–H and O–H groups in total. The number of hydrogen-bond donors (Lipinski definition) is 0. The third-order valence-corrected chi connectivity index (χ3v) is 8.56. The van der Waals surface area contributed by atoms with Crippen molar-refractivity contribution in [3.05, 3.63) is 71.8 Å². The zero-order valence-electron chi connectivity index (χ0n) is 26.8. The van der Waals surface area contributed by atoms with E-state index in [9.17, 15) is 0 Å². The van der Waals surface area contributed by atoms with Gasteiger partial charge in [-0.15, -0.1) is 0 Å². The van der Waals surface area contributed by atoms with Gasteiger partial charge in [0.25, 0.3) is 0 Å². The maximum atomic E-state index is 6.58. The fraction of sp³-hybridized carbons (Fsp3) is 0.657. The molecule has 0 amide bonds. The van der Waals surface area contributed by atoms with E-state index >= 15 is 0 Å². The van der Waals surface area contributed by atoms with E-state index in [0.29, 0.717) is 12.3 Å². The SMILES string of the molecule is CC1CC(OOC(C)(C)C)(OOC(C)(C)C)C(C(C)(C)c2ccccc2)C(C)(C)C1C(C)(C)c1ccccc1. The first-order valence-corrected chi connectivity index (χ1v) is 14.6. The van der Waals surface area contributed by atoms with E-state index in [1.807, 2.05) is 41.5 Å². The van der Waals surface area contributed by atoms with Crippen molar-refractivity contribution in [3.63, 3.8) is 0 Å². The van der Waals surface area contributed by atoms with Crippen LogP contribution in [0.4, 0.5) is 0 Å². The number of rotatable bonds is 8. The van der Waals surface area contributed by atoms with Crippen LogP contribution in [0.25, 0.3) is 0 Å². The summed E-state index contributed by atoms with van der Waals surface area (Å²) in [6.07, 6.45) is 0.629. The van der Waals surface area contributed by atoms with Gasteiger partial charge in [-0.05, 0) is 80.8 Å². The molecule has 218 valence electrons. The first-order valence-electron chi connectivity index (χ1n) is 14.6. The molecule has 0 aromatic heterocycles. The van der Waals surface area contributed by atoms with Gasteiger partial charge < -0.3 is 0 Å². The number of hydrogen-bond acceptors (Lipinski definition) is 4. The number of benzene rings is 2. The molecule has 2 aromatic carbocycles. The highest BCUT2D eigenvalue weighted by Crippen LogP contribution is 2.64. The van der Waals surface area contributed by atoms with Crippen molar-refractivity contribution in [2.24, 2.45) is 23.2 Å². The zero-order valence-corrected chi connectivity index (χ0v) is 26.8. The molecular weight excluding hydrogens is 484 g/mol. The van der Waals surface area contributed by atoms with E-state index in [-0.39, 0.29) is 28.1 Å². The fourth-order valence-electron chi connectivity index (χ4n) is 7.94. The molecule has 3 atom stereocenters. The van der Waals surface area contributed by atoms with Gasteiger partial charge in [-0.25, -0.2) is 9.78 Å². The molecule has 0 saturated heterocycles. The highest BCUT2D eigenvalue weighted by molar-refractivity contribution is 5.31. The Balaban J connectivity index is 2.28. The Morgan fingerprint density at radius 3 is 1.38 bits per heavy atom. The molecule has 1 aliphatic carbocycles. The Morgan fingerprint density at radius 2 is 1.00 bits per heavy atom. The summed E-state index contributed by atoms with van der Waals surface area (Å²) in [4.78, 5) is 25.4. The van der Waals surface area contributed by atoms with Gasteiger partial charge in [-0.2, -0.15) is 9.78 Å². The molecule has 1 fully saturated rings. The molecule has 0 bridgehead atoms. The van der Waals surface area contributed by atoms with Gasteiger partial charge >= 0.3 is 0 Å². The highest BCUT2D eigenvalue weighted by Gasteiger charge is 2.67. The Morgan fingerprint density at radius 1 is 0.615 bits per heavy atom. The topological polar surface area (TPSA) is 36.9 Å². The van der Waals surface area contributed by atoms with Gasteiger partial charge in [0.05, 0.1) is 11.2 Å². The molecule has 1 saturated carbocycles. The summed E-state index contributed by atoms with van der Waals surface area (Å²) in [5, 5.41) is 0. The lowest BCUT2D eigenvalue weighted by molar-refractivity contribution is -0.568. The minimum Gasteiger partial charge on any atom is -0.228 e. The van der Waals surface area contributed by atoms with Crippen molar-refractivity contribution in [1.82, 2.24) is 0 Å². The molecule has 39 heavy (non-hydrogen) atoms. The van der Waals surface area contributed by atoms with Gasteiger partial charge in [0, 0.05) is 12.3 Å². The first kappa shape index (κ1) is 31.8. The van der Waals surface area contributed by atoms with Crippen molar-refractivity contribution in [2.75, 3.05) is 0 Å². The van der Waals surface area contributed by atoms with E-state index in [0.717, 1.165) is 0 Å². The summed E-state index contributed by atoms with van der Waals surface area (Å²) in [5.41, 5.74) is 0.823. The molecule has 0 aliphatic heterocycles. The molecule has 4 heteroatoms. The quantitative estimate of drug-likeness (QED) is 0.191. The summed E-state index contributed by atoms with van der Waals surface area (Å²) in [6.45, 7) is 28.5. The van der Waals surface area contributed by atoms with Crippen molar-refractivity contribution in [2.45, 2.75) is 124 Å². The van der Waals surface area contributed by atoms with E-state index in [1.165, 1.54) is 11.1 Å². The Hall–Kier alpha value is -1.72. The average molecular weight is 539 g/mol. The second-order valence-electron chi connectivity index (χ2n) is 15.5. The Kier molecular flexibility index (Phi) is 8.91. The largest absolute Gasteiger partial charge is 0.238 e. The van der Waals surface area contributed by atoms with E-state index in [4.69, 9.17) is 19.6 Å². The van der Waals surface area contributed by atoms with Gasteiger partial charge in [-0.1, -0.05) is 109 Å². The van der Waals surface area contributed by atoms with Crippen LogP contribution >= 0.6 is 0 Å². The van der Waals surface area contributed by atoms with Crippen LogP contribution < -0.4 is 0 Å². The lowest BCUT2D eigenvalue weighted by Crippen LogP contribution is -2.66. The third kappa shape index (κ3) is 6.78. The van der Waals surface area contributed by atoms with Crippen LogP contribution in [0, 0.1) is 23.2 Å². The smallest absolute Gasteiger partial charge is 0.228 e. The summed E-state index contributed by atoms with van der Waals surface area (Å²) in [6, 6.07) is 21.6. The standard InChI is InChI=1S/C35H54O4/c1-25-24-35(38-36-30(2,3)4,39-37-31(5,6)7)29(33(10,11)27-22-18-15-19-23-27)34(12,13)28(25)32(8,9)26-20-16-14-17-21-26/h14-23,25,28-29H,24H2,1-13H3. The van der Waals surface area contributed by atoms with E-state index in [2.05, 4.69) is 109 Å². The predicted octanol–water partition coefficient (Wildman–Crippen LogP) is 9.43. The first-order chi connectivity index (χ1) is 17.7. The van der Waals surface area contributed by atoms with Gasteiger partial charge in [-0.3, -0.25) is 0 Å². The van der Waals surface area contributed by atoms with Crippen LogP contribution in [-0.4, -0.2) is 17.0 Å². The summed E-state index contributed by atoms with van der Waals surface area (Å²) in [7, 11) is 0. The van der Waals surface area contributed by atoms with Crippen molar-refractivity contribution >= 4 is 0 Å². The Bertz CT molecular complexity index is 1040. The second-order valence-corrected chi connectivity index (χ2v) is 15.5. The summed E-state index contributed by atoms with van der Waals surface area (Å²) in [5.74, 6) is -0.726. The van der Waals surface area contributed by atoms with Gasteiger partial charge in [0.2, 0.25) is 5.79 Å². The summed E-state index contributed by atoms with van der Waals surface area (Å²) < 4.78 is 0. The minimum atomic E-state index is -1.15. The van der Waals surface area contributed by atoms with Crippen molar-refractivity contribution in [1.29, 1.82) is 0 Å². The normalized spacial score (nSPS) is 24.0. The predicted molar refractivity (Wildman–Crippen MR) is 160 cm³/mol. The maximum absolute atomic E-state index is 6.58.